The van der Waals surface area contributed by atoms with E-state index in [1.807, 2.05) is 54.6 Å². The molecule has 1 heterocycles. The highest BCUT2D eigenvalue weighted by molar-refractivity contribution is 6.20. The number of benzene rings is 4. The first-order chi connectivity index (χ1) is 17.1. The molecule has 5 rings (SSSR count). The van der Waals surface area contributed by atoms with Crippen molar-refractivity contribution < 1.29 is 19.4 Å². The van der Waals surface area contributed by atoms with Gasteiger partial charge in [-0.05, 0) is 48.0 Å². The third kappa shape index (κ3) is 4.08. The van der Waals surface area contributed by atoms with E-state index in [-0.39, 0.29) is 11.5 Å². The molecule has 0 radical (unpaired) electrons. The number of phenols is 1. The number of fused-ring (bicyclic) bond motifs is 1. The first kappa shape index (κ1) is 22.2. The van der Waals surface area contributed by atoms with Crippen LogP contribution in [0.3, 0.4) is 0 Å². The smallest absolute Gasteiger partial charge is 0.195 e. The van der Waals surface area contributed by atoms with Crippen LogP contribution in [0.5, 0.6) is 17.2 Å². The summed E-state index contributed by atoms with van der Waals surface area (Å²) in [5, 5.41) is 11.8. The Kier molecular flexibility index (Phi) is 5.90. The Balaban J connectivity index is 1.87. The number of ether oxygens (including phenoxy) is 2. The number of carbonyl (C=O) groups excluding carboxylic acids is 1. The third-order valence-electron chi connectivity index (χ3n) is 5.99. The number of ketones is 1. The molecule has 5 aromatic rings. The molecule has 1 N–H and O–H groups in total. The number of carbonyl (C=O) groups is 1. The van der Waals surface area contributed by atoms with Crippen molar-refractivity contribution in [2.75, 3.05) is 14.2 Å². The Bertz CT molecular complexity index is 1530. The lowest BCUT2D eigenvalue weighted by molar-refractivity contribution is 0.104. The molecule has 0 aliphatic rings. The molecule has 0 bridgehead atoms. The number of para-hydroxylation sites is 1. The summed E-state index contributed by atoms with van der Waals surface area (Å²) in [6.07, 6.45) is 0. The number of aromatic nitrogens is 1. The van der Waals surface area contributed by atoms with Crippen LogP contribution >= 0.6 is 0 Å². The number of aromatic hydroxyl groups is 1. The van der Waals surface area contributed by atoms with Crippen LogP contribution in [0.15, 0.2) is 97.1 Å². The van der Waals surface area contributed by atoms with Crippen molar-refractivity contribution in [3.8, 4) is 39.6 Å². The zero-order chi connectivity index (χ0) is 24.4. The molecule has 35 heavy (non-hydrogen) atoms. The van der Waals surface area contributed by atoms with Crippen LogP contribution < -0.4 is 9.47 Å². The number of rotatable bonds is 6. The second kappa shape index (κ2) is 9.31. The third-order valence-corrected chi connectivity index (χ3v) is 5.99. The highest BCUT2D eigenvalue weighted by Gasteiger charge is 2.25. The molecule has 5 nitrogen and oxygen atoms in total. The fourth-order valence-corrected chi connectivity index (χ4v) is 4.26. The van der Waals surface area contributed by atoms with Gasteiger partial charge in [-0.3, -0.25) is 4.79 Å². The van der Waals surface area contributed by atoms with E-state index in [0.29, 0.717) is 33.9 Å². The van der Waals surface area contributed by atoms with Gasteiger partial charge >= 0.3 is 0 Å². The van der Waals surface area contributed by atoms with Crippen LogP contribution in [0.2, 0.25) is 0 Å². The van der Waals surface area contributed by atoms with E-state index in [1.165, 1.54) is 13.2 Å². The summed E-state index contributed by atoms with van der Waals surface area (Å²) in [4.78, 5) is 19.0. The lowest BCUT2D eigenvalue weighted by atomic mass is 9.87. The van der Waals surface area contributed by atoms with Gasteiger partial charge in [0.2, 0.25) is 0 Å². The van der Waals surface area contributed by atoms with Gasteiger partial charge in [-0.25, -0.2) is 4.98 Å². The van der Waals surface area contributed by atoms with Crippen molar-refractivity contribution >= 4 is 16.7 Å². The minimum absolute atomic E-state index is 0.0186. The van der Waals surface area contributed by atoms with Gasteiger partial charge in [0, 0.05) is 28.1 Å². The van der Waals surface area contributed by atoms with Crippen molar-refractivity contribution in [1.29, 1.82) is 0 Å². The average Bonchev–Trinajstić information content (AvgIpc) is 2.92. The zero-order valence-corrected chi connectivity index (χ0v) is 19.4. The molecule has 172 valence electrons. The summed E-state index contributed by atoms with van der Waals surface area (Å²) in [7, 11) is 3.12. The molecule has 0 unspecified atom stereocenters. The standard InChI is InChI=1S/C30H23NO4/c1-34-21-14-12-20(13-15-21)30(33)28-27(19-8-4-3-5-9-19)23-10-6-7-11-25(23)31-29(28)24-17-16-22(35-2)18-26(24)32/h3-18,32H,1-2H3. The number of hydrogen-bond acceptors (Lipinski definition) is 5. The SMILES string of the molecule is COc1ccc(C(=O)c2c(-c3ccc(OC)cc3O)nc3ccccc3c2-c2ccccc2)cc1. The van der Waals surface area contributed by atoms with Crippen LogP contribution in [-0.4, -0.2) is 30.1 Å². The van der Waals surface area contributed by atoms with Gasteiger partial charge in [-0.15, -0.1) is 0 Å². The molecule has 0 amide bonds. The highest BCUT2D eigenvalue weighted by atomic mass is 16.5. The van der Waals surface area contributed by atoms with Crippen molar-refractivity contribution in [1.82, 2.24) is 4.98 Å². The maximum Gasteiger partial charge on any atom is 0.195 e. The normalized spacial score (nSPS) is 10.8. The molecule has 5 heteroatoms. The van der Waals surface area contributed by atoms with Crippen LogP contribution in [0.4, 0.5) is 0 Å². The molecule has 0 atom stereocenters. The van der Waals surface area contributed by atoms with Crippen molar-refractivity contribution in [3.63, 3.8) is 0 Å². The maximum atomic E-state index is 14.1. The molecule has 0 saturated carbocycles. The number of phenolic OH excluding ortho intramolecular Hbond substituents is 1. The molecular formula is C30H23NO4. The van der Waals surface area contributed by atoms with E-state index in [9.17, 15) is 9.90 Å². The zero-order valence-electron chi connectivity index (χ0n) is 19.4. The van der Waals surface area contributed by atoms with E-state index >= 15 is 0 Å². The van der Waals surface area contributed by atoms with Gasteiger partial charge in [-0.1, -0.05) is 48.5 Å². The van der Waals surface area contributed by atoms with Crippen molar-refractivity contribution in [2.45, 2.75) is 0 Å². The quantitative estimate of drug-likeness (QED) is 0.292. The van der Waals surface area contributed by atoms with E-state index < -0.39 is 0 Å². The summed E-state index contributed by atoms with van der Waals surface area (Å²) < 4.78 is 10.5. The predicted molar refractivity (Wildman–Crippen MR) is 137 cm³/mol. The molecule has 4 aromatic carbocycles. The average molecular weight is 462 g/mol. The van der Waals surface area contributed by atoms with Gasteiger partial charge in [0.15, 0.2) is 5.78 Å². The van der Waals surface area contributed by atoms with Gasteiger partial charge in [-0.2, -0.15) is 0 Å². The van der Waals surface area contributed by atoms with Crippen LogP contribution in [0.1, 0.15) is 15.9 Å². The minimum atomic E-state index is -0.199. The Labute approximate surface area is 203 Å². The summed E-state index contributed by atoms with van der Waals surface area (Å²) in [5.74, 6) is 0.956. The van der Waals surface area contributed by atoms with Crippen molar-refractivity contribution in [3.05, 3.63) is 108 Å². The minimum Gasteiger partial charge on any atom is -0.507 e. The van der Waals surface area contributed by atoms with Crippen molar-refractivity contribution in [2.24, 2.45) is 0 Å². The first-order valence-corrected chi connectivity index (χ1v) is 11.1. The topological polar surface area (TPSA) is 68.7 Å². The van der Waals surface area contributed by atoms with Gasteiger partial charge in [0.05, 0.1) is 31.0 Å². The van der Waals surface area contributed by atoms with E-state index in [0.717, 1.165) is 22.0 Å². The number of nitrogens with zero attached hydrogens (tertiary/aromatic N) is 1. The van der Waals surface area contributed by atoms with Gasteiger partial charge in [0.1, 0.15) is 17.2 Å². The second-order valence-electron chi connectivity index (χ2n) is 8.03. The molecule has 0 spiro atoms. The number of methoxy groups -OCH3 is 2. The lowest BCUT2D eigenvalue weighted by Crippen LogP contribution is -2.09. The fourth-order valence-electron chi connectivity index (χ4n) is 4.26. The highest BCUT2D eigenvalue weighted by Crippen LogP contribution is 2.41. The lowest BCUT2D eigenvalue weighted by Gasteiger charge is -2.18. The van der Waals surface area contributed by atoms with E-state index in [4.69, 9.17) is 14.5 Å². The Morgan fingerprint density at radius 3 is 2.11 bits per heavy atom. The van der Waals surface area contributed by atoms with Crippen LogP contribution in [-0.2, 0) is 0 Å². The summed E-state index contributed by atoms with van der Waals surface area (Å²) in [6, 6.07) is 29.5. The Morgan fingerprint density at radius 2 is 1.43 bits per heavy atom. The number of pyridine rings is 1. The second-order valence-corrected chi connectivity index (χ2v) is 8.03. The molecule has 0 aliphatic heterocycles. The Morgan fingerprint density at radius 1 is 0.771 bits per heavy atom. The van der Waals surface area contributed by atoms with E-state index in [1.54, 1.807) is 43.5 Å². The fraction of sp³-hybridized carbons (Fsp3) is 0.0667. The summed E-state index contributed by atoms with van der Waals surface area (Å²) >= 11 is 0. The van der Waals surface area contributed by atoms with Gasteiger partial charge < -0.3 is 14.6 Å². The monoisotopic (exact) mass is 461 g/mol. The largest absolute Gasteiger partial charge is 0.507 e. The predicted octanol–water partition coefficient (Wildman–Crippen LogP) is 6.52. The summed E-state index contributed by atoms with van der Waals surface area (Å²) in [5.41, 5.74) is 4.14. The molecule has 1 aromatic heterocycles. The molecule has 0 fully saturated rings. The molecule has 0 aliphatic carbocycles. The van der Waals surface area contributed by atoms with Crippen LogP contribution in [0.25, 0.3) is 33.3 Å². The molecular weight excluding hydrogens is 438 g/mol. The first-order valence-electron chi connectivity index (χ1n) is 11.1. The number of hydrogen-bond donors (Lipinski definition) is 1. The van der Waals surface area contributed by atoms with E-state index in [2.05, 4.69) is 0 Å². The summed E-state index contributed by atoms with van der Waals surface area (Å²) in [6.45, 7) is 0. The molecule has 0 saturated heterocycles. The Hall–Kier alpha value is -4.64. The van der Waals surface area contributed by atoms with Gasteiger partial charge in [0.25, 0.3) is 0 Å². The van der Waals surface area contributed by atoms with Crippen LogP contribution in [0, 0.1) is 0 Å². The maximum absolute atomic E-state index is 14.1.